The molecule has 76 valence electrons. The summed E-state index contributed by atoms with van der Waals surface area (Å²) in [6, 6.07) is 5.13. The van der Waals surface area contributed by atoms with E-state index in [0.29, 0.717) is 12.3 Å². The maximum Gasteiger partial charge on any atom is 0.272 e. The molecule has 0 amide bonds. The van der Waals surface area contributed by atoms with Gasteiger partial charge in [0, 0.05) is 17.5 Å². The highest BCUT2D eigenvalue weighted by atomic mass is 35.5. The first-order valence-corrected chi connectivity index (χ1v) is 4.99. The number of aryl methyl sites for hydroxylation is 1. The van der Waals surface area contributed by atoms with E-state index in [1.807, 2.05) is 13.0 Å². The number of nitro benzene ring substituents is 1. The van der Waals surface area contributed by atoms with Crippen LogP contribution in [0.25, 0.3) is 0 Å². The van der Waals surface area contributed by atoms with E-state index >= 15 is 0 Å². The lowest BCUT2D eigenvalue weighted by molar-refractivity contribution is -0.385. The topological polar surface area (TPSA) is 43.1 Å². The molecule has 0 spiro atoms. The van der Waals surface area contributed by atoms with Crippen molar-refractivity contribution in [1.82, 2.24) is 0 Å². The van der Waals surface area contributed by atoms with Crippen LogP contribution in [0, 0.1) is 17.0 Å². The van der Waals surface area contributed by atoms with Gasteiger partial charge in [0.2, 0.25) is 0 Å². The molecule has 4 heteroatoms. The zero-order valence-electron chi connectivity index (χ0n) is 8.00. The fourth-order valence-electron chi connectivity index (χ4n) is 1.43. The van der Waals surface area contributed by atoms with Crippen LogP contribution in [0.4, 0.5) is 5.69 Å². The van der Waals surface area contributed by atoms with Crippen molar-refractivity contribution in [3.05, 3.63) is 39.4 Å². The molecule has 0 radical (unpaired) electrons. The zero-order valence-corrected chi connectivity index (χ0v) is 8.75. The fourth-order valence-corrected chi connectivity index (χ4v) is 1.56. The summed E-state index contributed by atoms with van der Waals surface area (Å²) in [6.45, 7) is 1.89. The Kier molecular flexibility index (Phi) is 3.89. The van der Waals surface area contributed by atoms with Crippen molar-refractivity contribution in [3.63, 3.8) is 0 Å². The summed E-state index contributed by atoms with van der Waals surface area (Å²) in [7, 11) is 0. The second-order valence-electron chi connectivity index (χ2n) is 3.12. The van der Waals surface area contributed by atoms with Crippen LogP contribution in [0.5, 0.6) is 0 Å². The third-order valence-corrected chi connectivity index (χ3v) is 2.41. The largest absolute Gasteiger partial charge is 0.272 e. The van der Waals surface area contributed by atoms with Crippen LogP contribution in [-0.4, -0.2) is 10.8 Å². The first-order valence-electron chi connectivity index (χ1n) is 4.45. The fraction of sp³-hybridized carbons (Fsp3) is 0.400. The van der Waals surface area contributed by atoms with Gasteiger partial charge in [0.05, 0.1) is 4.92 Å². The second kappa shape index (κ2) is 4.96. The minimum absolute atomic E-state index is 0.204. The molecular formula is C10H12ClNO2. The summed E-state index contributed by atoms with van der Waals surface area (Å²) in [6.07, 6.45) is 1.44. The molecule has 0 aliphatic rings. The van der Waals surface area contributed by atoms with Gasteiger partial charge in [0.25, 0.3) is 5.69 Å². The number of nitrogens with zero attached hydrogens (tertiary/aromatic N) is 1. The molecule has 0 fully saturated rings. The molecule has 0 saturated carbocycles. The number of halogens is 1. The van der Waals surface area contributed by atoms with Gasteiger partial charge in [-0.3, -0.25) is 10.1 Å². The maximum absolute atomic E-state index is 10.7. The van der Waals surface area contributed by atoms with Crippen LogP contribution in [0.2, 0.25) is 0 Å². The van der Waals surface area contributed by atoms with Crippen molar-refractivity contribution in [3.8, 4) is 0 Å². The van der Waals surface area contributed by atoms with Gasteiger partial charge in [-0.2, -0.15) is 0 Å². The second-order valence-corrected chi connectivity index (χ2v) is 3.50. The molecule has 0 aliphatic heterocycles. The summed E-state index contributed by atoms with van der Waals surface area (Å²) in [5, 5.41) is 10.7. The maximum atomic E-state index is 10.7. The summed E-state index contributed by atoms with van der Waals surface area (Å²) in [5.41, 5.74) is 1.97. The highest BCUT2D eigenvalue weighted by molar-refractivity contribution is 6.17. The highest BCUT2D eigenvalue weighted by Crippen LogP contribution is 2.23. The minimum atomic E-state index is -0.337. The van der Waals surface area contributed by atoms with Crippen molar-refractivity contribution in [2.45, 2.75) is 19.8 Å². The van der Waals surface area contributed by atoms with E-state index in [9.17, 15) is 10.1 Å². The van der Waals surface area contributed by atoms with E-state index in [-0.39, 0.29) is 10.6 Å². The van der Waals surface area contributed by atoms with Crippen molar-refractivity contribution < 1.29 is 4.92 Å². The van der Waals surface area contributed by atoms with Crippen LogP contribution in [-0.2, 0) is 6.42 Å². The average molecular weight is 214 g/mol. The normalized spacial score (nSPS) is 10.1. The Morgan fingerprint density at radius 1 is 1.50 bits per heavy atom. The molecule has 0 saturated heterocycles. The van der Waals surface area contributed by atoms with Crippen molar-refractivity contribution >= 4 is 17.3 Å². The number of rotatable bonds is 4. The predicted octanol–water partition coefficient (Wildman–Crippen LogP) is 3.07. The third-order valence-electron chi connectivity index (χ3n) is 2.14. The van der Waals surface area contributed by atoms with Crippen LogP contribution < -0.4 is 0 Å². The molecule has 0 aliphatic carbocycles. The molecule has 3 nitrogen and oxygen atoms in total. The van der Waals surface area contributed by atoms with Crippen molar-refractivity contribution in [2.24, 2.45) is 0 Å². The van der Waals surface area contributed by atoms with Crippen LogP contribution in [0.1, 0.15) is 17.5 Å². The molecule has 0 N–H and O–H groups in total. The summed E-state index contributed by atoms with van der Waals surface area (Å²) in [4.78, 5) is 10.4. The number of alkyl halides is 1. The van der Waals surface area contributed by atoms with E-state index in [1.165, 1.54) is 6.07 Å². The molecule has 0 bridgehead atoms. The molecular weight excluding hydrogens is 202 g/mol. The van der Waals surface area contributed by atoms with Gasteiger partial charge >= 0.3 is 0 Å². The van der Waals surface area contributed by atoms with Gasteiger partial charge in [-0.05, 0) is 25.3 Å². The molecule has 14 heavy (non-hydrogen) atoms. The summed E-state index contributed by atoms with van der Waals surface area (Å²) >= 11 is 5.57. The van der Waals surface area contributed by atoms with Crippen LogP contribution >= 0.6 is 11.6 Å². The van der Waals surface area contributed by atoms with E-state index in [1.54, 1.807) is 6.07 Å². The lowest BCUT2D eigenvalue weighted by Gasteiger charge is -2.04. The number of nitro groups is 1. The lowest BCUT2D eigenvalue weighted by atomic mass is 10.0. The Morgan fingerprint density at radius 3 is 2.79 bits per heavy atom. The number of hydrogen-bond acceptors (Lipinski definition) is 2. The standard InChI is InChI=1S/C10H12ClNO2/c1-8-4-2-6-10(12(13)14)9(8)5-3-7-11/h2,4,6H,3,5,7H2,1H3. The summed E-state index contributed by atoms with van der Waals surface area (Å²) < 4.78 is 0. The van der Waals surface area contributed by atoms with E-state index in [0.717, 1.165) is 17.5 Å². The van der Waals surface area contributed by atoms with Gasteiger partial charge in [-0.1, -0.05) is 12.1 Å². The molecule has 1 aromatic carbocycles. The van der Waals surface area contributed by atoms with Gasteiger partial charge in [0.1, 0.15) is 0 Å². The van der Waals surface area contributed by atoms with Gasteiger partial charge in [-0.15, -0.1) is 11.6 Å². The SMILES string of the molecule is Cc1cccc([N+](=O)[O-])c1CCCCl. The van der Waals surface area contributed by atoms with Crippen molar-refractivity contribution in [1.29, 1.82) is 0 Å². The predicted molar refractivity (Wildman–Crippen MR) is 56.9 cm³/mol. The smallest absolute Gasteiger partial charge is 0.258 e. The Labute approximate surface area is 87.8 Å². The molecule has 0 atom stereocenters. The third kappa shape index (κ3) is 2.45. The molecule has 0 unspecified atom stereocenters. The first-order chi connectivity index (χ1) is 6.66. The van der Waals surface area contributed by atoms with Crippen LogP contribution in [0.3, 0.4) is 0 Å². The Hall–Kier alpha value is -1.09. The van der Waals surface area contributed by atoms with E-state index in [2.05, 4.69) is 0 Å². The monoisotopic (exact) mass is 213 g/mol. The quantitative estimate of drug-likeness (QED) is 0.438. The van der Waals surface area contributed by atoms with E-state index in [4.69, 9.17) is 11.6 Å². The summed E-state index contributed by atoms with van der Waals surface area (Å²) in [5.74, 6) is 0.533. The van der Waals surface area contributed by atoms with Crippen molar-refractivity contribution in [2.75, 3.05) is 5.88 Å². The Bertz CT molecular complexity index is 339. The lowest BCUT2D eigenvalue weighted by Crippen LogP contribution is -1.98. The molecule has 0 heterocycles. The van der Waals surface area contributed by atoms with Gasteiger partial charge < -0.3 is 0 Å². The van der Waals surface area contributed by atoms with Gasteiger partial charge in [-0.25, -0.2) is 0 Å². The average Bonchev–Trinajstić information content (AvgIpc) is 2.15. The number of hydrogen-bond donors (Lipinski definition) is 0. The molecule has 1 aromatic rings. The van der Waals surface area contributed by atoms with Gasteiger partial charge in [0.15, 0.2) is 0 Å². The molecule has 1 rings (SSSR count). The number of benzene rings is 1. The highest BCUT2D eigenvalue weighted by Gasteiger charge is 2.14. The first kappa shape index (κ1) is 11.0. The Balaban J connectivity index is 3.02. The van der Waals surface area contributed by atoms with E-state index < -0.39 is 0 Å². The Morgan fingerprint density at radius 2 is 2.21 bits per heavy atom. The zero-order chi connectivity index (χ0) is 10.6. The minimum Gasteiger partial charge on any atom is -0.258 e. The van der Waals surface area contributed by atoms with Crippen LogP contribution in [0.15, 0.2) is 18.2 Å². The molecule has 0 aromatic heterocycles.